The van der Waals surface area contributed by atoms with Crippen LogP contribution in [0.1, 0.15) is 30.4 Å². The van der Waals surface area contributed by atoms with Gasteiger partial charge < -0.3 is 14.9 Å². The van der Waals surface area contributed by atoms with Crippen LogP contribution in [-0.2, 0) is 32.7 Å². The van der Waals surface area contributed by atoms with Crippen molar-refractivity contribution >= 4 is 33.3 Å². The van der Waals surface area contributed by atoms with Crippen molar-refractivity contribution < 1.29 is 59.3 Å². The minimum atomic E-state index is -5.08. The molecule has 0 spiro atoms. The van der Waals surface area contributed by atoms with E-state index in [2.05, 4.69) is 33.8 Å². The van der Waals surface area contributed by atoms with Crippen molar-refractivity contribution in [1.29, 1.82) is 0 Å². The van der Waals surface area contributed by atoms with Crippen molar-refractivity contribution in [1.82, 2.24) is 14.6 Å². The van der Waals surface area contributed by atoms with E-state index < -0.39 is 34.3 Å². The molecule has 45 heavy (non-hydrogen) atoms. The van der Waals surface area contributed by atoms with Gasteiger partial charge in [-0.05, 0) is 67.4 Å². The molecule has 0 amide bonds. The smallest absolute Gasteiger partial charge is 0.490 e. The molecule has 4 rings (SSSR count). The number of nitrogens with one attached hydrogen (secondary N) is 1. The van der Waals surface area contributed by atoms with Gasteiger partial charge in [0, 0.05) is 42.0 Å². The molecular weight excluding hydrogens is 656 g/mol. The number of nitrogens with zero attached hydrogens (tertiary/aromatic N) is 2. The number of thiophene rings is 1. The van der Waals surface area contributed by atoms with Gasteiger partial charge in [-0.2, -0.15) is 26.3 Å². The van der Waals surface area contributed by atoms with Crippen molar-refractivity contribution in [2.45, 2.75) is 55.0 Å². The molecule has 18 heteroatoms. The third-order valence-corrected chi connectivity index (χ3v) is 9.07. The Morgan fingerprint density at radius 3 is 1.96 bits per heavy atom. The summed E-state index contributed by atoms with van der Waals surface area (Å²) in [6.45, 7) is 1.58. The van der Waals surface area contributed by atoms with Crippen LogP contribution in [0.4, 0.5) is 26.3 Å². The maximum absolute atomic E-state index is 12.7. The lowest BCUT2D eigenvalue weighted by Crippen LogP contribution is -2.39. The Bertz CT molecular complexity index is 1500. The molecule has 1 saturated carbocycles. The Morgan fingerprint density at radius 2 is 1.49 bits per heavy atom. The van der Waals surface area contributed by atoms with Crippen LogP contribution >= 0.6 is 11.3 Å². The molecule has 0 aliphatic heterocycles. The van der Waals surface area contributed by atoms with Gasteiger partial charge in [0.25, 0.3) is 0 Å². The maximum atomic E-state index is 12.7. The van der Waals surface area contributed by atoms with E-state index in [0.717, 1.165) is 54.1 Å². The SMILES string of the molecule is COc1ccc(CN(C)Cc2ccncc2)cc1-c1ccc(S(=O)(=O)NC2CCC2)s1.O=C(O)C(F)(F)F.O=C(O)C(F)(F)F. The van der Waals surface area contributed by atoms with Crippen LogP contribution in [0.25, 0.3) is 10.4 Å². The third-order valence-electron chi connectivity index (χ3n) is 5.94. The average Bonchev–Trinajstić information content (AvgIpc) is 3.42. The van der Waals surface area contributed by atoms with Crippen molar-refractivity contribution in [2.75, 3.05) is 14.2 Å². The minimum Gasteiger partial charge on any atom is -0.496 e. The fourth-order valence-electron chi connectivity index (χ4n) is 3.63. The number of rotatable bonds is 9. The Labute approximate surface area is 258 Å². The van der Waals surface area contributed by atoms with Gasteiger partial charge >= 0.3 is 24.3 Å². The fraction of sp³-hybridized carbons (Fsp3) is 0.370. The molecule has 3 N–H and O–H groups in total. The lowest BCUT2D eigenvalue weighted by atomic mass is 9.94. The number of aromatic nitrogens is 1. The summed E-state index contributed by atoms with van der Waals surface area (Å²) >= 11 is 1.28. The molecule has 0 radical (unpaired) electrons. The molecule has 1 aliphatic rings. The number of hydrogen-bond donors (Lipinski definition) is 3. The van der Waals surface area contributed by atoms with E-state index in [4.69, 9.17) is 24.5 Å². The van der Waals surface area contributed by atoms with E-state index in [9.17, 15) is 34.8 Å². The number of pyridine rings is 1. The lowest BCUT2D eigenvalue weighted by molar-refractivity contribution is -0.193. The summed E-state index contributed by atoms with van der Waals surface area (Å²) in [4.78, 5) is 25.0. The first-order valence-electron chi connectivity index (χ1n) is 12.8. The van der Waals surface area contributed by atoms with E-state index in [-0.39, 0.29) is 6.04 Å². The number of carboxylic acids is 2. The van der Waals surface area contributed by atoms with E-state index in [1.165, 1.54) is 16.9 Å². The Hall–Kier alpha value is -3.74. The predicted octanol–water partition coefficient (Wildman–Crippen LogP) is 5.55. The summed E-state index contributed by atoms with van der Waals surface area (Å²) in [5.74, 6) is -4.78. The zero-order valence-corrected chi connectivity index (χ0v) is 25.4. The van der Waals surface area contributed by atoms with Gasteiger partial charge in [0.05, 0.1) is 7.11 Å². The molecule has 2 heterocycles. The number of carboxylic acid groups (broad SMARTS) is 2. The Balaban J connectivity index is 0.000000421. The van der Waals surface area contributed by atoms with E-state index in [1.807, 2.05) is 24.3 Å². The Morgan fingerprint density at radius 1 is 0.956 bits per heavy atom. The molecule has 2 aromatic heterocycles. The van der Waals surface area contributed by atoms with E-state index >= 15 is 0 Å². The summed E-state index contributed by atoms with van der Waals surface area (Å²) in [5.41, 5.74) is 3.25. The highest BCUT2D eigenvalue weighted by atomic mass is 32.2. The molecule has 0 atom stereocenters. The van der Waals surface area contributed by atoms with Gasteiger partial charge in [0.15, 0.2) is 0 Å². The van der Waals surface area contributed by atoms with Crippen LogP contribution in [0.5, 0.6) is 5.75 Å². The van der Waals surface area contributed by atoms with Crippen molar-refractivity contribution in [2.24, 2.45) is 0 Å². The van der Waals surface area contributed by atoms with Gasteiger partial charge in [0.1, 0.15) is 9.96 Å². The summed E-state index contributed by atoms with van der Waals surface area (Å²) in [6.07, 6.45) is -3.64. The lowest BCUT2D eigenvalue weighted by Gasteiger charge is -2.25. The van der Waals surface area contributed by atoms with E-state index in [1.54, 1.807) is 25.6 Å². The van der Waals surface area contributed by atoms with Crippen LogP contribution < -0.4 is 9.46 Å². The van der Waals surface area contributed by atoms with Gasteiger partial charge in [-0.15, -0.1) is 11.3 Å². The molecule has 0 bridgehead atoms. The van der Waals surface area contributed by atoms with Gasteiger partial charge in [-0.1, -0.05) is 12.5 Å². The molecule has 1 aromatic carbocycles. The van der Waals surface area contributed by atoms with E-state index in [0.29, 0.717) is 4.21 Å². The molecule has 0 unspecified atom stereocenters. The monoisotopic (exact) mass is 685 g/mol. The molecule has 0 saturated heterocycles. The molecule has 1 aliphatic carbocycles. The Kier molecular flexibility index (Phi) is 13.3. The van der Waals surface area contributed by atoms with Crippen LogP contribution in [0.3, 0.4) is 0 Å². The second-order valence-electron chi connectivity index (χ2n) is 9.54. The van der Waals surface area contributed by atoms with Crippen LogP contribution in [0, 0.1) is 0 Å². The van der Waals surface area contributed by atoms with Crippen LogP contribution in [0.2, 0.25) is 0 Å². The number of ether oxygens (including phenoxy) is 1. The zero-order valence-electron chi connectivity index (χ0n) is 23.7. The standard InChI is InChI=1S/C23H27N3O3S2.2C2HF3O2/c1-26(15-17-10-12-24-13-11-17)16-18-6-7-21(29-2)20(14-18)22-8-9-23(30-22)31(27,28)25-19-4-3-5-19;2*3-2(4,5)1(6)7/h6-14,19,25H,3-5,15-16H2,1-2H3;2*(H,6,7). The first kappa shape index (κ1) is 37.4. The van der Waals surface area contributed by atoms with Gasteiger partial charge in [0.2, 0.25) is 10.0 Å². The molecule has 3 aromatic rings. The topological polar surface area (TPSA) is 146 Å². The fourth-order valence-corrected chi connectivity index (χ4v) is 6.28. The molecule has 1 fully saturated rings. The first-order valence-corrected chi connectivity index (χ1v) is 15.1. The second-order valence-corrected chi connectivity index (χ2v) is 12.6. The number of methoxy groups -OCH3 is 1. The average molecular weight is 686 g/mol. The summed E-state index contributed by atoms with van der Waals surface area (Å²) in [5, 5.41) is 14.2. The summed E-state index contributed by atoms with van der Waals surface area (Å²) in [6, 6.07) is 13.7. The molecular formula is C27H29F6N3O7S2. The maximum Gasteiger partial charge on any atom is 0.490 e. The number of halogens is 6. The normalized spacial score (nSPS) is 13.5. The number of carbonyl (C=O) groups is 2. The molecule has 10 nitrogen and oxygen atoms in total. The van der Waals surface area contributed by atoms with Crippen molar-refractivity contribution in [3.63, 3.8) is 0 Å². The van der Waals surface area contributed by atoms with Crippen LogP contribution in [0.15, 0.2) is 59.1 Å². The third kappa shape index (κ3) is 12.3. The summed E-state index contributed by atoms with van der Waals surface area (Å²) in [7, 11) is 0.236. The second kappa shape index (κ2) is 16.0. The quantitative estimate of drug-likeness (QED) is 0.247. The highest BCUT2D eigenvalue weighted by molar-refractivity contribution is 7.91. The minimum absolute atomic E-state index is 0.0735. The number of aliphatic carboxylic acids is 2. The molecule has 248 valence electrons. The number of benzene rings is 1. The first-order chi connectivity index (χ1) is 20.8. The highest BCUT2D eigenvalue weighted by Crippen LogP contribution is 2.37. The number of alkyl halides is 6. The summed E-state index contributed by atoms with van der Waals surface area (Å²) < 4.78 is 97.5. The van der Waals surface area contributed by atoms with Crippen LogP contribution in [-0.4, -0.2) is 73.0 Å². The largest absolute Gasteiger partial charge is 0.496 e. The number of hydrogen-bond acceptors (Lipinski definition) is 8. The predicted molar refractivity (Wildman–Crippen MR) is 151 cm³/mol. The highest BCUT2D eigenvalue weighted by Gasteiger charge is 2.39. The number of sulfonamides is 1. The zero-order chi connectivity index (χ0) is 34.0. The van der Waals surface area contributed by atoms with Gasteiger partial charge in [-0.3, -0.25) is 9.88 Å². The van der Waals surface area contributed by atoms with Crippen molar-refractivity contribution in [3.8, 4) is 16.2 Å². The van der Waals surface area contributed by atoms with Gasteiger partial charge in [-0.25, -0.2) is 22.7 Å². The van der Waals surface area contributed by atoms with Crippen molar-refractivity contribution in [3.05, 3.63) is 66.0 Å².